The molecule has 0 radical (unpaired) electrons. The molecule has 1 aromatic rings. The minimum Gasteiger partial charge on any atom is -0.497 e. The number of amides is 1. The second kappa shape index (κ2) is 8.73. The molecule has 1 aromatic carbocycles. The Bertz CT molecular complexity index is 596. The minimum absolute atomic E-state index is 0.151. The second-order valence-corrected chi connectivity index (χ2v) is 7.42. The summed E-state index contributed by atoms with van der Waals surface area (Å²) < 4.78 is 10.7. The van der Waals surface area contributed by atoms with E-state index in [0.29, 0.717) is 6.61 Å². The number of carbonyl (C=O) groups excluding carboxylic acids is 1. The first kappa shape index (κ1) is 19.0. The van der Waals surface area contributed by atoms with Crippen LogP contribution in [0.3, 0.4) is 0 Å². The van der Waals surface area contributed by atoms with Crippen molar-refractivity contribution < 1.29 is 14.3 Å². The summed E-state index contributed by atoms with van der Waals surface area (Å²) in [5, 5.41) is 6.66. The normalized spacial score (nSPS) is 22.7. The van der Waals surface area contributed by atoms with Crippen LogP contribution in [0.2, 0.25) is 0 Å². The highest BCUT2D eigenvalue weighted by atomic mass is 16.5. The third-order valence-electron chi connectivity index (χ3n) is 5.64. The van der Waals surface area contributed by atoms with Crippen molar-refractivity contribution in [3.63, 3.8) is 0 Å². The molecule has 2 heterocycles. The predicted molar refractivity (Wildman–Crippen MR) is 103 cm³/mol. The van der Waals surface area contributed by atoms with Gasteiger partial charge in [-0.2, -0.15) is 0 Å². The number of rotatable bonds is 6. The number of hydrogen-bond donors (Lipinski definition) is 2. The molecular formula is C20H31N3O3. The molecule has 26 heavy (non-hydrogen) atoms. The third kappa shape index (κ3) is 4.30. The number of carbonyl (C=O) groups is 1. The Kier molecular flexibility index (Phi) is 6.38. The topological polar surface area (TPSA) is 62.8 Å². The van der Waals surface area contributed by atoms with E-state index in [1.165, 1.54) is 0 Å². The zero-order valence-electron chi connectivity index (χ0n) is 15.9. The van der Waals surface area contributed by atoms with Gasteiger partial charge < -0.3 is 25.0 Å². The smallest absolute Gasteiger partial charge is 0.228 e. The van der Waals surface area contributed by atoms with E-state index >= 15 is 0 Å². The highest BCUT2D eigenvalue weighted by Gasteiger charge is 2.40. The standard InChI is InChI=1S/C20H31N3O3/c1-25-15-20(8-10-21-11-9-20)19(24)22-16-5-4-12-23(14-16)17-6-3-7-18(13-17)26-2/h3,6-7,13,16,21H,4-5,8-12,14-15H2,1-2H3,(H,22,24). The van der Waals surface area contributed by atoms with Crippen LogP contribution in [0.25, 0.3) is 0 Å². The van der Waals surface area contributed by atoms with E-state index in [2.05, 4.69) is 27.7 Å². The van der Waals surface area contributed by atoms with E-state index in [1.807, 2.05) is 12.1 Å². The van der Waals surface area contributed by atoms with Crippen LogP contribution in [-0.2, 0) is 9.53 Å². The third-order valence-corrected chi connectivity index (χ3v) is 5.64. The summed E-state index contributed by atoms with van der Waals surface area (Å²) in [5.41, 5.74) is 0.759. The molecule has 1 unspecified atom stereocenters. The van der Waals surface area contributed by atoms with Crippen LogP contribution in [0, 0.1) is 5.41 Å². The van der Waals surface area contributed by atoms with E-state index in [9.17, 15) is 4.79 Å². The quantitative estimate of drug-likeness (QED) is 0.809. The van der Waals surface area contributed by atoms with E-state index in [1.54, 1.807) is 14.2 Å². The molecule has 1 amide bonds. The lowest BCUT2D eigenvalue weighted by atomic mass is 9.78. The first-order valence-electron chi connectivity index (χ1n) is 9.56. The van der Waals surface area contributed by atoms with Crippen molar-refractivity contribution in [2.45, 2.75) is 31.7 Å². The largest absolute Gasteiger partial charge is 0.497 e. The Hall–Kier alpha value is -1.79. The molecule has 6 heteroatoms. The van der Waals surface area contributed by atoms with Gasteiger partial charge in [-0.15, -0.1) is 0 Å². The van der Waals surface area contributed by atoms with Gasteiger partial charge in [-0.1, -0.05) is 6.07 Å². The summed E-state index contributed by atoms with van der Waals surface area (Å²) in [6.07, 6.45) is 3.76. The maximum Gasteiger partial charge on any atom is 0.228 e. The lowest BCUT2D eigenvalue weighted by Crippen LogP contribution is -2.55. The van der Waals surface area contributed by atoms with Crippen molar-refractivity contribution in [1.29, 1.82) is 0 Å². The van der Waals surface area contributed by atoms with E-state index in [0.717, 1.165) is 63.3 Å². The van der Waals surface area contributed by atoms with Gasteiger partial charge in [0, 0.05) is 38.0 Å². The molecule has 2 fully saturated rings. The fourth-order valence-corrected chi connectivity index (χ4v) is 4.09. The van der Waals surface area contributed by atoms with E-state index in [-0.39, 0.29) is 11.9 Å². The number of nitrogens with zero attached hydrogens (tertiary/aromatic N) is 1. The lowest BCUT2D eigenvalue weighted by Gasteiger charge is -2.39. The molecule has 144 valence electrons. The van der Waals surface area contributed by atoms with Gasteiger partial charge in [0.1, 0.15) is 5.75 Å². The van der Waals surface area contributed by atoms with Crippen molar-refractivity contribution >= 4 is 11.6 Å². The molecule has 3 rings (SSSR count). The van der Waals surface area contributed by atoms with Gasteiger partial charge in [0.15, 0.2) is 0 Å². The number of methoxy groups -OCH3 is 2. The number of hydrogen-bond acceptors (Lipinski definition) is 5. The van der Waals surface area contributed by atoms with Crippen LogP contribution < -0.4 is 20.3 Å². The molecule has 1 atom stereocenters. The summed E-state index contributed by atoms with van der Waals surface area (Å²) in [6.45, 7) is 4.08. The van der Waals surface area contributed by atoms with Crippen molar-refractivity contribution in [3.05, 3.63) is 24.3 Å². The monoisotopic (exact) mass is 361 g/mol. The Morgan fingerprint density at radius 3 is 2.88 bits per heavy atom. The molecule has 2 saturated heterocycles. The van der Waals surface area contributed by atoms with Crippen LogP contribution in [0.1, 0.15) is 25.7 Å². The van der Waals surface area contributed by atoms with E-state index in [4.69, 9.17) is 9.47 Å². The first-order valence-corrected chi connectivity index (χ1v) is 9.56. The average molecular weight is 361 g/mol. The fraction of sp³-hybridized carbons (Fsp3) is 0.650. The highest BCUT2D eigenvalue weighted by Crippen LogP contribution is 2.30. The highest BCUT2D eigenvalue weighted by molar-refractivity contribution is 5.83. The summed E-state index contributed by atoms with van der Waals surface area (Å²) in [6, 6.07) is 8.30. The maximum absolute atomic E-state index is 13.1. The van der Waals surface area contributed by atoms with Crippen LogP contribution in [-0.4, -0.2) is 59.0 Å². The number of piperidine rings is 2. The Morgan fingerprint density at radius 2 is 2.15 bits per heavy atom. The maximum atomic E-state index is 13.1. The molecule has 0 spiro atoms. The van der Waals surface area contributed by atoms with Crippen LogP contribution in [0.15, 0.2) is 24.3 Å². The zero-order chi connectivity index (χ0) is 18.4. The average Bonchev–Trinajstić information content (AvgIpc) is 2.69. The second-order valence-electron chi connectivity index (χ2n) is 7.42. The number of benzene rings is 1. The van der Waals surface area contributed by atoms with Crippen LogP contribution in [0.5, 0.6) is 5.75 Å². The first-order chi connectivity index (χ1) is 12.7. The molecular weight excluding hydrogens is 330 g/mol. The Labute approximate surface area is 156 Å². The van der Waals surface area contributed by atoms with Crippen molar-refractivity contribution in [2.75, 3.05) is 51.9 Å². The van der Waals surface area contributed by atoms with Gasteiger partial charge in [0.2, 0.25) is 5.91 Å². The van der Waals surface area contributed by atoms with E-state index < -0.39 is 5.41 Å². The molecule has 0 saturated carbocycles. The number of ether oxygens (including phenoxy) is 2. The molecule has 2 N–H and O–H groups in total. The Balaban J connectivity index is 1.64. The minimum atomic E-state index is -0.391. The van der Waals surface area contributed by atoms with Crippen LogP contribution >= 0.6 is 0 Å². The van der Waals surface area contributed by atoms with Crippen molar-refractivity contribution in [1.82, 2.24) is 10.6 Å². The molecule has 6 nitrogen and oxygen atoms in total. The van der Waals surface area contributed by atoms with Crippen molar-refractivity contribution in [2.24, 2.45) is 5.41 Å². The zero-order valence-corrected chi connectivity index (χ0v) is 15.9. The van der Waals surface area contributed by atoms with Gasteiger partial charge in [-0.25, -0.2) is 0 Å². The summed E-state index contributed by atoms with van der Waals surface area (Å²) in [5.74, 6) is 1.01. The lowest BCUT2D eigenvalue weighted by molar-refractivity contribution is -0.137. The van der Waals surface area contributed by atoms with Crippen LogP contribution in [0.4, 0.5) is 5.69 Å². The molecule has 2 aliphatic heterocycles. The summed E-state index contributed by atoms with van der Waals surface area (Å²) in [7, 11) is 3.37. The molecule has 2 aliphatic rings. The molecule has 0 aliphatic carbocycles. The number of nitrogens with one attached hydrogen (secondary N) is 2. The summed E-state index contributed by atoms with van der Waals surface area (Å²) in [4.78, 5) is 15.4. The van der Waals surface area contributed by atoms with Crippen molar-refractivity contribution in [3.8, 4) is 5.75 Å². The fourth-order valence-electron chi connectivity index (χ4n) is 4.09. The van der Waals surface area contributed by atoms with Gasteiger partial charge in [0.25, 0.3) is 0 Å². The molecule has 0 aromatic heterocycles. The Morgan fingerprint density at radius 1 is 1.35 bits per heavy atom. The summed E-state index contributed by atoms with van der Waals surface area (Å²) >= 11 is 0. The predicted octanol–water partition coefficient (Wildman–Crippen LogP) is 1.80. The molecule has 0 bridgehead atoms. The number of anilines is 1. The van der Waals surface area contributed by atoms with Gasteiger partial charge in [0.05, 0.1) is 19.1 Å². The van der Waals surface area contributed by atoms with Gasteiger partial charge in [-0.05, 0) is 50.9 Å². The van der Waals surface area contributed by atoms with Gasteiger partial charge >= 0.3 is 0 Å². The van der Waals surface area contributed by atoms with Gasteiger partial charge in [-0.3, -0.25) is 4.79 Å². The SMILES string of the molecule is COCC1(C(=O)NC2CCCN(c3cccc(OC)c3)C2)CCNCC1.